The second kappa shape index (κ2) is 9.22. The Kier molecular flexibility index (Phi) is 6.69. The number of carbonyl (C=O) groups excluding carboxylic acids is 3. The van der Waals surface area contributed by atoms with Crippen molar-refractivity contribution in [3.8, 4) is 0 Å². The summed E-state index contributed by atoms with van der Waals surface area (Å²) in [4.78, 5) is 38.1. The van der Waals surface area contributed by atoms with E-state index in [1.165, 1.54) is 11.3 Å². The molecule has 1 N–H and O–H groups in total. The second-order valence-corrected chi connectivity index (χ2v) is 8.38. The summed E-state index contributed by atoms with van der Waals surface area (Å²) >= 11 is 1.41. The van der Waals surface area contributed by atoms with Gasteiger partial charge in [0.25, 0.3) is 5.91 Å². The van der Waals surface area contributed by atoms with E-state index < -0.39 is 24.5 Å². The van der Waals surface area contributed by atoms with Gasteiger partial charge in [0.1, 0.15) is 5.00 Å². The third-order valence-electron chi connectivity index (χ3n) is 4.83. The number of hydrogen-bond donors (Lipinski definition) is 1. The molecule has 0 radical (unpaired) electrons. The summed E-state index contributed by atoms with van der Waals surface area (Å²) in [7, 11) is 0. The van der Waals surface area contributed by atoms with Crippen LogP contribution < -0.4 is 5.32 Å². The van der Waals surface area contributed by atoms with Crippen molar-refractivity contribution >= 4 is 34.2 Å². The molecular formula is C22H25NO5S. The van der Waals surface area contributed by atoms with Crippen molar-refractivity contribution in [1.29, 1.82) is 0 Å². The molecule has 0 fully saturated rings. The van der Waals surface area contributed by atoms with E-state index in [9.17, 15) is 14.4 Å². The van der Waals surface area contributed by atoms with Crippen LogP contribution in [0.2, 0.25) is 0 Å². The van der Waals surface area contributed by atoms with Gasteiger partial charge in [-0.05, 0) is 56.7 Å². The van der Waals surface area contributed by atoms with Crippen molar-refractivity contribution in [2.75, 3.05) is 18.5 Å². The van der Waals surface area contributed by atoms with Crippen LogP contribution in [0.15, 0.2) is 24.3 Å². The molecule has 0 bridgehead atoms. The van der Waals surface area contributed by atoms with E-state index in [1.54, 1.807) is 25.1 Å². The fourth-order valence-corrected chi connectivity index (χ4v) is 4.82. The van der Waals surface area contributed by atoms with Gasteiger partial charge in [-0.15, -0.1) is 11.3 Å². The average molecular weight is 416 g/mol. The zero-order valence-electron chi connectivity index (χ0n) is 16.9. The highest BCUT2D eigenvalue weighted by Crippen LogP contribution is 2.40. The minimum Gasteiger partial charge on any atom is -0.462 e. The van der Waals surface area contributed by atoms with E-state index in [-0.39, 0.29) is 6.61 Å². The maximum atomic E-state index is 12.5. The van der Waals surface area contributed by atoms with Gasteiger partial charge in [-0.3, -0.25) is 4.79 Å². The normalized spacial score (nSPS) is 15.3. The van der Waals surface area contributed by atoms with Crippen molar-refractivity contribution in [2.45, 2.75) is 40.0 Å². The maximum Gasteiger partial charge on any atom is 0.341 e. The molecule has 29 heavy (non-hydrogen) atoms. The zero-order valence-corrected chi connectivity index (χ0v) is 17.7. The van der Waals surface area contributed by atoms with E-state index in [1.807, 2.05) is 13.0 Å². The lowest BCUT2D eigenvalue weighted by molar-refractivity contribution is -0.119. The molecule has 6 nitrogen and oxygen atoms in total. The number of rotatable bonds is 6. The average Bonchev–Trinajstić information content (AvgIpc) is 3.03. The first-order valence-electron chi connectivity index (χ1n) is 9.74. The van der Waals surface area contributed by atoms with E-state index in [2.05, 4.69) is 12.2 Å². The van der Waals surface area contributed by atoms with Gasteiger partial charge in [0.2, 0.25) is 0 Å². The summed E-state index contributed by atoms with van der Waals surface area (Å²) in [6, 6.07) is 6.97. The van der Waals surface area contributed by atoms with Crippen LogP contribution in [0.5, 0.6) is 0 Å². The summed E-state index contributed by atoms with van der Waals surface area (Å²) < 4.78 is 10.3. The standard InChI is InChI=1S/C22H25NO5S/c1-4-27-22(26)19-16-9-8-14(3)11-17(16)29-20(19)23-18(24)12-28-21(25)15-7-5-6-13(2)10-15/h5-7,10,14H,4,8-9,11-12H2,1-3H3,(H,23,24)/t14-/m1/s1. The van der Waals surface area contributed by atoms with E-state index in [0.717, 1.165) is 35.3 Å². The molecule has 0 aliphatic heterocycles. The van der Waals surface area contributed by atoms with Crippen LogP contribution in [0.3, 0.4) is 0 Å². The molecule has 0 saturated carbocycles. The molecule has 0 saturated heterocycles. The monoisotopic (exact) mass is 415 g/mol. The molecule has 1 aliphatic rings. The molecular weight excluding hydrogens is 390 g/mol. The highest BCUT2D eigenvalue weighted by atomic mass is 32.1. The summed E-state index contributed by atoms with van der Waals surface area (Å²) in [6.07, 6.45) is 2.67. The zero-order chi connectivity index (χ0) is 21.0. The molecule has 1 aromatic heterocycles. The van der Waals surface area contributed by atoms with Crippen LogP contribution in [-0.4, -0.2) is 31.1 Å². The number of ether oxygens (including phenoxy) is 2. The van der Waals surface area contributed by atoms with Crippen LogP contribution in [0.4, 0.5) is 5.00 Å². The van der Waals surface area contributed by atoms with Crippen molar-refractivity contribution in [2.24, 2.45) is 5.92 Å². The fraction of sp³-hybridized carbons (Fsp3) is 0.409. The van der Waals surface area contributed by atoms with Gasteiger partial charge in [0.05, 0.1) is 17.7 Å². The molecule has 1 amide bonds. The van der Waals surface area contributed by atoms with E-state index in [0.29, 0.717) is 22.0 Å². The Morgan fingerprint density at radius 1 is 1.21 bits per heavy atom. The quantitative estimate of drug-likeness (QED) is 0.717. The summed E-state index contributed by atoms with van der Waals surface area (Å²) in [5.74, 6) is -0.932. The first-order valence-corrected chi connectivity index (χ1v) is 10.6. The van der Waals surface area contributed by atoms with Gasteiger partial charge in [-0.1, -0.05) is 24.6 Å². The first kappa shape index (κ1) is 21.0. The topological polar surface area (TPSA) is 81.7 Å². The van der Waals surface area contributed by atoms with Gasteiger partial charge in [0, 0.05) is 4.88 Å². The highest BCUT2D eigenvalue weighted by Gasteiger charge is 2.29. The highest BCUT2D eigenvalue weighted by molar-refractivity contribution is 7.17. The van der Waals surface area contributed by atoms with Crippen molar-refractivity contribution in [3.05, 3.63) is 51.4 Å². The lowest BCUT2D eigenvalue weighted by atomic mass is 9.88. The van der Waals surface area contributed by atoms with Gasteiger partial charge >= 0.3 is 11.9 Å². The number of fused-ring (bicyclic) bond motifs is 1. The van der Waals surface area contributed by atoms with E-state index >= 15 is 0 Å². The maximum absolute atomic E-state index is 12.5. The first-order chi connectivity index (χ1) is 13.9. The van der Waals surface area contributed by atoms with Gasteiger partial charge < -0.3 is 14.8 Å². The molecule has 2 aromatic rings. The Hall–Kier alpha value is -2.67. The number of benzene rings is 1. The summed E-state index contributed by atoms with van der Waals surface area (Å²) in [5, 5.41) is 3.21. The summed E-state index contributed by atoms with van der Waals surface area (Å²) in [6.45, 7) is 5.65. The third kappa shape index (κ3) is 5.03. The summed E-state index contributed by atoms with van der Waals surface area (Å²) in [5.41, 5.74) is 2.74. The Labute approximate surface area is 174 Å². The second-order valence-electron chi connectivity index (χ2n) is 7.27. The van der Waals surface area contributed by atoms with Crippen LogP contribution in [-0.2, 0) is 27.1 Å². The molecule has 1 aliphatic carbocycles. The number of hydrogen-bond acceptors (Lipinski definition) is 6. The van der Waals surface area contributed by atoms with Crippen molar-refractivity contribution in [1.82, 2.24) is 0 Å². The Balaban J connectivity index is 1.71. The van der Waals surface area contributed by atoms with Crippen LogP contribution in [0, 0.1) is 12.8 Å². The molecule has 7 heteroatoms. The largest absolute Gasteiger partial charge is 0.462 e. The molecule has 1 heterocycles. The van der Waals surface area contributed by atoms with Crippen LogP contribution in [0.1, 0.15) is 57.0 Å². The Bertz CT molecular complexity index is 933. The molecule has 154 valence electrons. The predicted molar refractivity (Wildman–Crippen MR) is 112 cm³/mol. The lowest BCUT2D eigenvalue weighted by Gasteiger charge is -2.18. The SMILES string of the molecule is CCOC(=O)c1c(NC(=O)COC(=O)c2cccc(C)c2)sc2c1CC[C@@H](C)C2. The minimum atomic E-state index is -0.561. The number of nitrogens with one attached hydrogen (secondary N) is 1. The van der Waals surface area contributed by atoms with E-state index in [4.69, 9.17) is 9.47 Å². The minimum absolute atomic E-state index is 0.265. The van der Waals surface area contributed by atoms with Gasteiger partial charge in [0.15, 0.2) is 6.61 Å². The molecule has 0 unspecified atom stereocenters. The lowest BCUT2D eigenvalue weighted by Crippen LogP contribution is -2.22. The molecule has 1 atom stereocenters. The van der Waals surface area contributed by atoms with Gasteiger partial charge in [-0.2, -0.15) is 0 Å². The van der Waals surface area contributed by atoms with Gasteiger partial charge in [-0.25, -0.2) is 9.59 Å². The number of thiophene rings is 1. The van der Waals surface area contributed by atoms with Crippen molar-refractivity contribution < 1.29 is 23.9 Å². The number of esters is 2. The third-order valence-corrected chi connectivity index (χ3v) is 6.00. The van der Waals surface area contributed by atoms with Crippen molar-refractivity contribution in [3.63, 3.8) is 0 Å². The number of amides is 1. The smallest absolute Gasteiger partial charge is 0.341 e. The molecule has 1 aromatic carbocycles. The number of anilines is 1. The predicted octanol–water partition coefficient (Wildman–Crippen LogP) is 4.15. The number of carbonyl (C=O) groups is 3. The molecule has 0 spiro atoms. The number of aryl methyl sites for hydroxylation is 1. The van der Waals surface area contributed by atoms with Crippen LogP contribution >= 0.6 is 11.3 Å². The fourth-order valence-electron chi connectivity index (χ4n) is 3.41. The Morgan fingerprint density at radius 2 is 2.00 bits per heavy atom. The molecule has 3 rings (SSSR count). The Morgan fingerprint density at radius 3 is 2.72 bits per heavy atom. The van der Waals surface area contributed by atoms with Crippen LogP contribution in [0.25, 0.3) is 0 Å².